The Kier molecular flexibility index (Phi) is 1.08. The minimum atomic E-state index is 0.949. The fourth-order valence-electron chi connectivity index (χ4n) is 0.638. The highest BCUT2D eigenvalue weighted by atomic mass is 15.0. The summed E-state index contributed by atoms with van der Waals surface area (Å²) in [5.74, 6) is 0.949. The Morgan fingerprint density at radius 2 is 2.33 bits per heavy atom. The van der Waals surface area contributed by atoms with Gasteiger partial charge in [-0.1, -0.05) is 0 Å². The molecule has 0 aliphatic carbocycles. The van der Waals surface area contributed by atoms with E-state index in [-0.39, 0.29) is 0 Å². The van der Waals surface area contributed by atoms with Gasteiger partial charge in [0.1, 0.15) is 5.92 Å². The van der Waals surface area contributed by atoms with Gasteiger partial charge in [-0.05, 0) is 0 Å². The molecule has 36 valence electrons. The van der Waals surface area contributed by atoms with Crippen molar-refractivity contribution in [1.82, 2.24) is 0 Å². The lowest BCUT2D eigenvalue weighted by Crippen LogP contribution is -2.98. The molecule has 5 N–H and O–H groups in total. The number of rotatable bonds is 1. The fraction of sp³-hybridized carbons (Fsp3) is 1.00. The molecule has 0 spiro atoms. The van der Waals surface area contributed by atoms with Gasteiger partial charge in [-0.25, -0.2) is 0 Å². The zero-order valence-corrected chi connectivity index (χ0v) is 3.98. The molecular weight excluding hydrogens is 76.1 g/mol. The van der Waals surface area contributed by atoms with Gasteiger partial charge >= 0.3 is 0 Å². The average Bonchev–Trinajstić information content (AvgIpc) is 1.31. The van der Waals surface area contributed by atoms with Crippen LogP contribution in [0.4, 0.5) is 0 Å². The zero-order valence-electron chi connectivity index (χ0n) is 3.98. The van der Waals surface area contributed by atoms with Crippen LogP contribution in [0.25, 0.3) is 0 Å². The maximum Gasteiger partial charge on any atom is 0.106 e. The van der Waals surface area contributed by atoms with Gasteiger partial charge in [0.2, 0.25) is 0 Å². The van der Waals surface area contributed by atoms with Crippen LogP contribution in [-0.4, -0.2) is 19.6 Å². The van der Waals surface area contributed by atoms with Crippen LogP contribution in [-0.2, 0) is 0 Å². The molecule has 1 rings (SSSR count). The summed E-state index contributed by atoms with van der Waals surface area (Å²) in [5, 5.41) is 2.32. The Balaban J connectivity index is 2.01. The van der Waals surface area contributed by atoms with E-state index in [1.807, 2.05) is 0 Å². The summed E-state index contributed by atoms with van der Waals surface area (Å²) in [6.45, 7) is 3.78. The molecule has 0 saturated carbocycles. The molecule has 6 heavy (non-hydrogen) atoms. The molecule has 1 fully saturated rings. The second-order valence-electron chi connectivity index (χ2n) is 1.91. The summed E-state index contributed by atoms with van der Waals surface area (Å²) < 4.78 is 0. The summed E-state index contributed by atoms with van der Waals surface area (Å²) in [4.78, 5) is 0. The van der Waals surface area contributed by atoms with Gasteiger partial charge in [-0.15, -0.1) is 0 Å². The molecular formula is C4H12N2+2. The van der Waals surface area contributed by atoms with Gasteiger partial charge in [-0.2, -0.15) is 0 Å². The van der Waals surface area contributed by atoms with Gasteiger partial charge in [0.15, 0.2) is 0 Å². The Morgan fingerprint density at radius 3 is 2.33 bits per heavy atom. The lowest BCUT2D eigenvalue weighted by molar-refractivity contribution is -0.729. The molecule has 0 atom stereocenters. The van der Waals surface area contributed by atoms with Crippen molar-refractivity contribution in [3.05, 3.63) is 0 Å². The minimum absolute atomic E-state index is 0.949. The topological polar surface area (TPSA) is 44.2 Å². The summed E-state index contributed by atoms with van der Waals surface area (Å²) in [5.41, 5.74) is 3.79. The Hall–Kier alpha value is -0.0800. The molecule has 1 aliphatic heterocycles. The van der Waals surface area contributed by atoms with Crippen LogP contribution in [0.1, 0.15) is 0 Å². The molecule has 0 aromatic rings. The molecule has 2 nitrogen and oxygen atoms in total. The smallest absolute Gasteiger partial charge is 0.106 e. The normalized spacial score (nSPS) is 23.5. The highest BCUT2D eigenvalue weighted by Gasteiger charge is 2.20. The number of hydrogen-bond donors (Lipinski definition) is 2. The van der Waals surface area contributed by atoms with E-state index in [0.717, 1.165) is 12.5 Å². The third-order valence-corrected chi connectivity index (χ3v) is 1.41. The standard InChI is InChI=1S/C4H10N2/c5-1-4-2-6-3-4/h4,6H,1-3,5H2/p+2. The third-order valence-electron chi connectivity index (χ3n) is 1.41. The van der Waals surface area contributed by atoms with Crippen molar-refractivity contribution >= 4 is 0 Å². The average molecular weight is 88.2 g/mol. The highest BCUT2D eigenvalue weighted by molar-refractivity contribution is 4.55. The summed E-state index contributed by atoms with van der Waals surface area (Å²) in [6, 6.07) is 0. The number of quaternary nitrogens is 2. The van der Waals surface area contributed by atoms with Gasteiger partial charge in [0.25, 0.3) is 0 Å². The van der Waals surface area contributed by atoms with Crippen LogP contribution in [0.5, 0.6) is 0 Å². The molecule has 0 unspecified atom stereocenters. The van der Waals surface area contributed by atoms with Gasteiger partial charge in [0, 0.05) is 0 Å². The first-order valence-electron chi connectivity index (χ1n) is 2.54. The van der Waals surface area contributed by atoms with Crippen LogP contribution in [0.2, 0.25) is 0 Å². The molecule has 1 saturated heterocycles. The first-order chi connectivity index (χ1) is 2.93. The quantitative estimate of drug-likeness (QED) is 0.354. The lowest BCUT2D eigenvalue weighted by atomic mass is 10.1. The first kappa shape index (κ1) is 4.09. The molecule has 0 amide bonds. The summed E-state index contributed by atoms with van der Waals surface area (Å²) >= 11 is 0. The van der Waals surface area contributed by atoms with Gasteiger partial charge < -0.3 is 11.1 Å². The maximum atomic E-state index is 3.79. The molecule has 1 heterocycles. The van der Waals surface area contributed by atoms with Crippen molar-refractivity contribution in [3.8, 4) is 0 Å². The Bertz CT molecular complexity index is 38.1. The fourth-order valence-corrected chi connectivity index (χ4v) is 0.638. The second-order valence-corrected chi connectivity index (χ2v) is 1.91. The van der Waals surface area contributed by atoms with E-state index in [9.17, 15) is 0 Å². The Labute approximate surface area is 37.7 Å². The molecule has 0 bridgehead atoms. The van der Waals surface area contributed by atoms with Crippen molar-refractivity contribution in [1.29, 1.82) is 0 Å². The van der Waals surface area contributed by atoms with E-state index in [1.54, 1.807) is 0 Å². The third kappa shape index (κ3) is 0.533. The largest absolute Gasteiger partial charge is 0.357 e. The Morgan fingerprint density at radius 1 is 1.67 bits per heavy atom. The second kappa shape index (κ2) is 1.58. The minimum Gasteiger partial charge on any atom is -0.357 e. The number of hydrogen-bond acceptors (Lipinski definition) is 0. The van der Waals surface area contributed by atoms with Crippen molar-refractivity contribution in [2.24, 2.45) is 5.92 Å². The molecule has 0 aromatic heterocycles. The van der Waals surface area contributed by atoms with E-state index in [2.05, 4.69) is 11.1 Å². The number of nitrogens with two attached hydrogens (primary N) is 1. The van der Waals surface area contributed by atoms with Crippen LogP contribution in [0.3, 0.4) is 0 Å². The van der Waals surface area contributed by atoms with Crippen LogP contribution in [0.15, 0.2) is 0 Å². The van der Waals surface area contributed by atoms with Crippen molar-refractivity contribution < 1.29 is 11.1 Å². The van der Waals surface area contributed by atoms with Crippen LogP contribution < -0.4 is 11.1 Å². The predicted octanol–water partition coefficient (Wildman–Crippen LogP) is -2.58. The molecule has 1 aliphatic rings. The zero-order chi connectivity index (χ0) is 4.41. The van der Waals surface area contributed by atoms with Crippen LogP contribution >= 0.6 is 0 Å². The SMILES string of the molecule is [NH3+]CC1C[NH2+]C1. The molecule has 2 heteroatoms. The van der Waals surface area contributed by atoms with Crippen molar-refractivity contribution in [2.45, 2.75) is 0 Å². The van der Waals surface area contributed by atoms with E-state index in [0.29, 0.717) is 0 Å². The molecule has 0 radical (unpaired) electrons. The summed E-state index contributed by atoms with van der Waals surface area (Å²) in [7, 11) is 0. The summed E-state index contributed by atoms with van der Waals surface area (Å²) in [6.07, 6.45) is 0. The lowest BCUT2D eigenvalue weighted by Gasteiger charge is -2.18. The maximum absolute atomic E-state index is 3.79. The highest BCUT2D eigenvalue weighted by Crippen LogP contribution is 1.86. The molecule has 0 aromatic carbocycles. The van der Waals surface area contributed by atoms with Crippen molar-refractivity contribution in [3.63, 3.8) is 0 Å². The van der Waals surface area contributed by atoms with E-state index in [1.165, 1.54) is 13.1 Å². The monoisotopic (exact) mass is 88.1 g/mol. The predicted molar refractivity (Wildman–Crippen MR) is 22.9 cm³/mol. The van der Waals surface area contributed by atoms with Gasteiger partial charge in [0.05, 0.1) is 19.6 Å². The first-order valence-corrected chi connectivity index (χ1v) is 2.54. The van der Waals surface area contributed by atoms with E-state index in [4.69, 9.17) is 0 Å². The van der Waals surface area contributed by atoms with E-state index < -0.39 is 0 Å². The van der Waals surface area contributed by atoms with Crippen molar-refractivity contribution in [2.75, 3.05) is 19.6 Å². The van der Waals surface area contributed by atoms with Crippen LogP contribution in [0, 0.1) is 5.92 Å². The van der Waals surface area contributed by atoms with E-state index >= 15 is 0 Å². The van der Waals surface area contributed by atoms with Gasteiger partial charge in [-0.3, -0.25) is 0 Å².